The zero-order valence-electron chi connectivity index (χ0n) is 14.5. The minimum atomic E-state index is 0.385. The molecule has 0 radical (unpaired) electrons. The quantitative estimate of drug-likeness (QED) is 0.659. The predicted molar refractivity (Wildman–Crippen MR) is 99.7 cm³/mol. The van der Waals surface area contributed by atoms with E-state index < -0.39 is 0 Å². The fraction of sp³-hybridized carbons (Fsp3) is 0.429. The van der Waals surface area contributed by atoms with Crippen LogP contribution in [0.5, 0.6) is 0 Å². The first-order chi connectivity index (χ1) is 11.3. The smallest absolute Gasteiger partial charge is 0.0360 e. The predicted octanol–water partition coefficient (Wildman–Crippen LogP) is 4.29. The van der Waals surface area contributed by atoms with Crippen LogP contribution in [0.25, 0.3) is 0 Å². The summed E-state index contributed by atoms with van der Waals surface area (Å²) in [6.07, 6.45) is 2.23. The lowest BCUT2D eigenvalue weighted by atomic mass is 9.99. The van der Waals surface area contributed by atoms with Crippen LogP contribution in [-0.4, -0.2) is 31.1 Å². The van der Waals surface area contributed by atoms with Crippen molar-refractivity contribution in [2.75, 3.05) is 26.2 Å². The summed E-state index contributed by atoms with van der Waals surface area (Å²) >= 11 is 0. The van der Waals surface area contributed by atoms with E-state index >= 15 is 0 Å². The van der Waals surface area contributed by atoms with Gasteiger partial charge in [0, 0.05) is 6.04 Å². The minimum Gasteiger partial charge on any atom is -0.310 e. The standard InChI is InChI=1S/C21H30N2/c1-3-23(4-2)17-11-16-22-21(20-14-9-6-10-15-20)18-19-12-7-5-8-13-19/h5-10,12-15,21-22H,3-4,11,16-18H2,1-2H3/t21-/m0/s1. The maximum absolute atomic E-state index is 3.76. The maximum atomic E-state index is 3.76. The number of benzene rings is 2. The highest BCUT2D eigenvalue weighted by Gasteiger charge is 2.11. The van der Waals surface area contributed by atoms with Crippen LogP contribution in [0.1, 0.15) is 37.4 Å². The number of hydrogen-bond donors (Lipinski definition) is 1. The molecule has 2 heteroatoms. The molecule has 0 aliphatic heterocycles. The summed E-state index contributed by atoms with van der Waals surface area (Å²) in [6, 6.07) is 21.9. The second-order valence-corrected chi connectivity index (χ2v) is 5.99. The molecular formula is C21H30N2. The van der Waals surface area contributed by atoms with Gasteiger partial charge in [0.25, 0.3) is 0 Å². The first-order valence-corrected chi connectivity index (χ1v) is 8.88. The van der Waals surface area contributed by atoms with Crippen LogP contribution in [0.4, 0.5) is 0 Å². The molecule has 0 bridgehead atoms. The molecule has 0 amide bonds. The Balaban J connectivity index is 1.92. The number of hydrogen-bond acceptors (Lipinski definition) is 2. The van der Waals surface area contributed by atoms with Gasteiger partial charge in [0.15, 0.2) is 0 Å². The molecule has 1 atom stereocenters. The van der Waals surface area contributed by atoms with E-state index in [0.29, 0.717) is 6.04 Å². The topological polar surface area (TPSA) is 15.3 Å². The molecule has 0 aliphatic rings. The van der Waals surface area contributed by atoms with E-state index in [4.69, 9.17) is 0 Å². The van der Waals surface area contributed by atoms with Crippen LogP contribution >= 0.6 is 0 Å². The Morgan fingerprint density at radius 2 is 1.48 bits per heavy atom. The van der Waals surface area contributed by atoms with Gasteiger partial charge >= 0.3 is 0 Å². The van der Waals surface area contributed by atoms with Crippen LogP contribution in [0, 0.1) is 0 Å². The first kappa shape index (κ1) is 17.7. The van der Waals surface area contributed by atoms with Gasteiger partial charge < -0.3 is 10.2 Å². The van der Waals surface area contributed by atoms with Crippen LogP contribution in [0.3, 0.4) is 0 Å². The van der Waals surface area contributed by atoms with E-state index in [0.717, 1.165) is 26.1 Å². The summed E-state index contributed by atoms with van der Waals surface area (Å²) in [4.78, 5) is 2.48. The average molecular weight is 310 g/mol. The molecule has 0 aliphatic carbocycles. The van der Waals surface area contributed by atoms with Gasteiger partial charge in [0.05, 0.1) is 0 Å². The first-order valence-electron chi connectivity index (χ1n) is 8.88. The summed E-state index contributed by atoms with van der Waals surface area (Å²) in [5, 5.41) is 3.76. The molecule has 0 saturated heterocycles. The molecule has 0 unspecified atom stereocenters. The molecule has 0 aromatic heterocycles. The van der Waals surface area contributed by atoms with Crippen LogP contribution in [-0.2, 0) is 6.42 Å². The summed E-state index contributed by atoms with van der Waals surface area (Å²) in [5.41, 5.74) is 2.76. The highest BCUT2D eigenvalue weighted by molar-refractivity contribution is 5.23. The van der Waals surface area contributed by atoms with Gasteiger partial charge in [0.1, 0.15) is 0 Å². The second-order valence-electron chi connectivity index (χ2n) is 5.99. The second kappa shape index (κ2) is 10.2. The van der Waals surface area contributed by atoms with E-state index in [1.54, 1.807) is 0 Å². The van der Waals surface area contributed by atoms with Crippen LogP contribution in [0.2, 0.25) is 0 Å². The van der Waals surface area contributed by atoms with Crippen molar-refractivity contribution >= 4 is 0 Å². The molecular weight excluding hydrogens is 280 g/mol. The Morgan fingerprint density at radius 1 is 0.870 bits per heavy atom. The minimum absolute atomic E-state index is 0.385. The summed E-state index contributed by atoms with van der Waals surface area (Å²) < 4.78 is 0. The van der Waals surface area contributed by atoms with Crippen molar-refractivity contribution in [1.29, 1.82) is 0 Å². The van der Waals surface area contributed by atoms with Gasteiger partial charge in [0.2, 0.25) is 0 Å². The fourth-order valence-corrected chi connectivity index (χ4v) is 2.96. The Morgan fingerprint density at radius 3 is 2.09 bits per heavy atom. The molecule has 23 heavy (non-hydrogen) atoms. The molecule has 0 heterocycles. The lowest BCUT2D eigenvalue weighted by Gasteiger charge is -2.22. The van der Waals surface area contributed by atoms with Crippen molar-refractivity contribution < 1.29 is 0 Å². The Labute approximate surface area is 141 Å². The highest BCUT2D eigenvalue weighted by Crippen LogP contribution is 2.18. The maximum Gasteiger partial charge on any atom is 0.0360 e. The van der Waals surface area contributed by atoms with Crippen LogP contribution in [0.15, 0.2) is 60.7 Å². The lowest BCUT2D eigenvalue weighted by Crippen LogP contribution is -2.29. The monoisotopic (exact) mass is 310 g/mol. The van der Waals surface area contributed by atoms with E-state index in [2.05, 4.69) is 84.7 Å². The molecule has 2 nitrogen and oxygen atoms in total. The zero-order valence-corrected chi connectivity index (χ0v) is 14.5. The summed E-state index contributed by atoms with van der Waals surface area (Å²) in [5.74, 6) is 0. The molecule has 0 saturated carbocycles. The average Bonchev–Trinajstić information content (AvgIpc) is 2.62. The Hall–Kier alpha value is -1.64. The molecule has 1 N–H and O–H groups in total. The van der Waals surface area contributed by atoms with Crippen molar-refractivity contribution in [2.45, 2.75) is 32.7 Å². The highest BCUT2D eigenvalue weighted by atomic mass is 15.1. The van der Waals surface area contributed by atoms with Crippen molar-refractivity contribution in [2.24, 2.45) is 0 Å². The van der Waals surface area contributed by atoms with E-state index in [1.807, 2.05) is 0 Å². The van der Waals surface area contributed by atoms with Gasteiger partial charge in [-0.1, -0.05) is 74.5 Å². The Kier molecular flexibility index (Phi) is 7.85. The third-order valence-corrected chi connectivity index (χ3v) is 4.42. The largest absolute Gasteiger partial charge is 0.310 e. The number of rotatable bonds is 10. The third kappa shape index (κ3) is 6.17. The molecule has 2 aromatic rings. The summed E-state index contributed by atoms with van der Waals surface area (Å²) in [6.45, 7) is 8.99. The van der Waals surface area contributed by atoms with Gasteiger partial charge in [-0.25, -0.2) is 0 Å². The Bertz CT molecular complexity index is 520. The van der Waals surface area contributed by atoms with E-state index in [-0.39, 0.29) is 0 Å². The molecule has 2 aromatic carbocycles. The zero-order chi connectivity index (χ0) is 16.3. The van der Waals surface area contributed by atoms with Gasteiger partial charge in [-0.2, -0.15) is 0 Å². The normalized spacial score (nSPS) is 12.5. The fourth-order valence-electron chi connectivity index (χ4n) is 2.96. The third-order valence-electron chi connectivity index (χ3n) is 4.42. The van der Waals surface area contributed by atoms with E-state index in [1.165, 1.54) is 24.1 Å². The van der Waals surface area contributed by atoms with Gasteiger partial charge in [-0.05, 0) is 50.1 Å². The van der Waals surface area contributed by atoms with Crippen molar-refractivity contribution in [3.05, 3.63) is 71.8 Å². The SMILES string of the molecule is CCN(CC)CCCN[C@@H](Cc1ccccc1)c1ccccc1. The van der Waals surface area contributed by atoms with Crippen molar-refractivity contribution in [3.63, 3.8) is 0 Å². The lowest BCUT2D eigenvalue weighted by molar-refractivity contribution is 0.295. The van der Waals surface area contributed by atoms with Crippen molar-refractivity contribution in [1.82, 2.24) is 10.2 Å². The van der Waals surface area contributed by atoms with E-state index in [9.17, 15) is 0 Å². The summed E-state index contributed by atoms with van der Waals surface area (Å²) in [7, 11) is 0. The van der Waals surface area contributed by atoms with Gasteiger partial charge in [-0.15, -0.1) is 0 Å². The number of nitrogens with zero attached hydrogens (tertiary/aromatic N) is 1. The molecule has 0 spiro atoms. The van der Waals surface area contributed by atoms with Gasteiger partial charge in [-0.3, -0.25) is 0 Å². The van der Waals surface area contributed by atoms with Crippen molar-refractivity contribution in [3.8, 4) is 0 Å². The number of nitrogens with one attached hydrogen (secondary N) is 1. The molecule has 2 rings (SSSR count). The molecule has 124 valence electrons. The molecule has 0 fully saturated rings. The van der Waals surface area contributed by atoms with Crippen LogP contribution < -0.4 is 5.32 Å².